The van der Waals surface area contributed by atoms with Gasteiger partial charge in [0.1, 0.15) is 5.82 Å². The number of hydrogen-bond donors (Lipinski definition) is 0. The third-order valence-corrected chi connectivity index (χ3v) is 3.81. The van der Waals surface area contributed by atoms with Crippen molar-refractivity contribution in [1.82, 2.24) is 0 Å². The molecule has 2 nitrogen and oxygen atoms in total. The average Bonchev–Trinajstić information content (AvgIpc) is 2.49. The van der Waals surface area contributed by atoms with Crippen LogP contribution in [0.1, 0.15) is 5.56 Å². The van der Waals surface area contributed by atoms with Crippen LogP contribution in [0.15, 0.2) is 23.6 Å². The zero-order valence-electron chi connectivity index (χ0n) is 7.41. The van der Waals surface area contributed by atoms with Gasteiger partial charge < -0.3 is 0 Å². The third-order valence-electron chi connectivity index (χ3n) is 1.95. The Balaban J connectivity index is 2.55. The van der Waals surface area contributed by atoms with E-state index in [4.69, 9.17) is 10.7 Å². The summed E-state index contributed by atoms with van der Waals surface area (Å²) in [6, 6.07) is 4.66. The molecule has 0 radical (unpaired) electrons. The molecule has 0 aliphatic carbocycles. The fourth-order valence-corrected chi connectivity index (χ4v) is 3.07. The summed E-state index contributed by atoms with van der Waals surface area (Å²) in [5.74, 6) is -1.01. The van der Waals surface area contributed by atoms with Crippen LogP contribution in [0.4, 0.5) is 4.39 Å². The van der Waals surface area contributed by atoms with Crippen LogP contribution in [0.3, 0.4) is 0 Å². The summed E-state index contributed by atoms with van der Waals surface area (Å²) in [6.45, 7) is 0. The molecule has 6 heteroatoms. The van der Waals surface area contributed by atoms with Crippen LogP contribution in [0.25, 0.3) is 10.1 Å². The molecule has 0 unspecified atom stereocenters. The SMILES string of the molecule is O=S(=O)(Cl)Cc1cc2ccsc2cc1F. The van der Waals surface area contributed by atoms with E-state index < -0.39 is 20.6 Å². The van der Waals surface area contributed by atoms with Gasteiger partial charge in [-0.1, -0.05) is 0 Å². The first kappa shape index (κ1) is 10.9. The topological polar surface area (TPSA) is 34.1 Å². The zero-order chi connectivity index (χ0) is 11.1. The number of halogens is 2. The molecule has 0 spiro atoms. The van der Waals surface area contributed by atoms with Crippen molar-refractivity contribution in [3.05, 3.63) is 35.0 Å². The Morgan fingerprint density at radius 2 is 2.13 bits per heavy atom. The van der Waals surface area contributed by atoms with Gasteiger partial charge in [0.25, 0.3) is 0 Å². The maximum Gasteiger partial charge on any atom is 0.236 e. The summed E-state index contributed by atoms with van der Waals surface area (Å²) in [4.78, 5) is 0. The molecular weight excluding hydrogens is 259 g/mol. The molecule has 2 rings (SSSR count). The van der Waals surface area contributed by atoms with Gasteiger partial charge >= 0.3 is 0 Å². The number of benzene rings is 1. The summed E-state index contributed by atoms with van der Waals surface area (Å²) in [6.07, 6.45) is 0. The number of thiophene rings is 1. The van der Waals surface area contributed by atoms with Crippen molar-refractivity contribution in [2.45, 2.75) is 5.75 Å². The molecule has 0 fully saturated rings. The summed E-state index contributed by atoms with van der Waals surface area (Å²) >= 11 is 1.41. The van der Waals surface area contributed by atoms with E-state index in [9.17, 15) is 12.8 Å². The molecule has 0 saturated carbocycles. The molecule has 80 valence electrons. The zero-order valence-corrected chi connectivity index (χ0v) is 9.79. The highest BCUT2D eigenvalue weighted by molar-refractivity contribution is 8.13. The van der Waals surface area contributed by atoms with Gasteiger partial charge in [0.2, 0.25) is 9.05 Å². The lowest BCUT2D eigenvalue weighted by Crippen LogP contribution is -1.97. The van der Waals surface area contributed by atoms with E-state index in [-0.39, 0.29) is 5.56 Å². The Hall–Kier alpha value is -0.650. The van der Waals surface area contributed by atoms with Gasteiger partial charge in [0, 0.05) is 20.9 Å². The number of hydrogen-bond acceptors (Lipinski definition) is 3. The molecular formula is C9H6ClFO2S2. The Kier molecular flexibility index (Phi) is 2.70. The van der Waals surface area contributed by atoms with Crippen molar-refractivity contribution < 1.29 is 12.8 Å². The molecule has 0 saturated heterocycles. The maximum atomic E-state index is 13.4. The van der Waals surface area contributed by atoms with Gasteiger partial charge in [-0.05, 0) is 29.0 Å². The Labute approximate surface area is 94.7 Å². The van der Waals surface area contributed by atoms with Crippen molar-refractivity contribution >= 4 is 41.2 Å². The summed E-state index contributed by atoms with van der Waals surface area (Å²) in [5, 5.41) is 2.65. The molecule has 0 amide bonds. The highest BCUT2D eigenvalue weighted by atomic mass is 35.7. The van der Waals surface area contributed by atoms with Crippen LogP contribution in [0.5, 0.6) is 0 Å². The van der Waals surface area contributed by atoms with Gasteiger partial charge in [-0.2, -0.15) is 0 Å². The van der Waals surface area contributed by atoms with E-state index in [1.807, 2.05) is 11.4 Å². The molecule has 0 N–H and O–H groups in total. The first-order valence-electron chi connectivity index (χ1n) is 4.04. The van der Waals surface area contributed by atoms with Crippen molar-refractivity contribution in [2.24, 2.45) is 0 Å². The Bertz CT molecular complexity index is 604. The second-order valence-corrected chi connectivity index (χ2v) is 6.81. The molecule has 0 aliphatic heterocycles. The normalized spacial score (nSPS) is 12.1. The van der Waals surface area contributed by atoms with Crippen LogP contribution in [0.2, 0.25) is 0 Å². The first-order valence-corrected chi connectivity index (χ1v) is 7.39. The van der Waals surface area contributed by atoms with Crippen molar-refractivity contribution in [3.8, 4) is 0 Å². The van der Waals surface area contributed by atoms with E-state index in [1.54, 1.807) is 0 Å². The first-order chi connectivity index (χ1) is 6.96. The minimum absolute atomic E-state index is 0.107. The van der Waals surface area contributed by atoms with Gasteiger partial charge in [0.05, 0.1) is 5.75 Å². The van der Waals surface area contributed by atoms with Crippen LogP contribution >= 0.6 is 22.0 Å². The lowest BCUT2D eigenvalue weighted by atomic mass is 10.2. The summed E-state index contributed by atoms with van der Waals surface area (Å²) in [7, 11) is 1.36. The predicted molar refractivity (Wildman–Crippen MR) is 60.3 cm³/mol. The fraction of sp³-hybridized carbons (Fsp3) is 0.111. The van der Waals surface area contributed by atoms with Crippen molar-refractivity contribution in [2.75, 3.05) is 0 Å². The van der Waals surface area contributed by atoms with Crippen molar-refractivity contribution in [3.63, 3.8) is 0 Å². The average molecular weight is 265 g/mol. The maximum absolute atomic E-state index is 13.4. The van der Waals surface area contributed by atoms with E-state index in [2.05, 4.69) is 0 Å². The van der Waals surface area contributed by atoms with Gasteiger partial charge in [-0.3, -0.25) is 0 Å². The lowest BCUT2D eigenvalue weighted by Gasteiger charge is -2.00. The van der Waals surface area contributed by atoms with Gasteiger partial charge in [-0.25, -0.2) is 12.8 Å². The van der Waals surface area contributed by atoms with E-state index in [1.165, 1.54) is 23.5 Å². The van der Waals surface area contributed by atoms with E-state index in [0.717, 1.165) is 10.1 Å². The summed E-state index contributed by atoms with van der Waals surface area (Å²) < 4.78 is 35.9. The van der Waals surface area contributed by atoms with Crippen molar-refractivity contribution in [1.29, 1.82) is 0 Å². The minimum Gasteiger partial charge on any atom is -0.212 e. The Morgan fingerprint density at radius 3 is 2.80 bits per heavy atom. The molecule has 1 aromatic heterocycles. The standard InChI is InChI=1S/C9H6ClFO2S2/c10-15(12,13)5-7-3-6-1-2-14-9(6)4-8(7)11/h1-4H,5H2. The van der Waals surface area contributed by atoms with Crippen LogP contribution in [-0.4, -0.2) is 8.42 Å². The Morgan fingerprint density at radius 1 is 1.40 bits per heavy atom. The number of fused-ring (bicyclic) bond motifs is 1. The second-order valence-electron chi connectivity index (χ2n) is 3.09. The molecule has 2 aromatic rings. The van der Waals surface area contributed by atoms with Crippen LogP contribution in [0, 0.1) is 5.82 Å². The fourth-order valence-electron chi connectivity index (χ4n) is 1.33. The van der Waals surface area contributed by atoms with E-state index in [0.29, 0.717) is 0 Å². The van der Waals surface area contributed by atoms with Crippen LogP contribution in [-0.2, 0) is 14.8 Å². The van der Waals surface area contributed by atoms with Crippen LogP contribution < -0.4 is 0 Å². The number of rotatable bonds is 2. The molecule has 1 heterocycles. The largest absolute Gasteiger partial charge is 0.236 e. The summed E-state index contributed by atoms with van der Waals surface area (Å²) in [5.41, 5.74) is 0.107. The highest BCUT2D eigenvalue weighted by Gasteiger charge is 2.12. The lowest BCUT2D eigenvalue weighted by molar-refractivity contribution is 0.598. The van der Waals surface area contributed by atoms with Gasteiger partial charge in [0.15, 0.2) is 0 Å². The smallest absolute Gasteiger partial charge is 0.212 e. The molecule has 0 aliphatic rings. The molecule has 0 atom stereocenters. The minimum atomic E-state index is -3.72. The second kappa shape index (κ2) is 3.73. The molecule has 0 bridgehead atoms. The predicted octanol–water partition coefficient (Wildman–Crippen LogP) is 3.11. The molecule has 1 aromatic carbocycles. The third kappa shape index (κ3) is 2.48. The van der Waals surface area contributed by atoms with E-state index >= 15 is 0 Å². The molecule has 15 heavy (non-hydrogen) atoms. The monoisotopic (exact) mass is 264 g/mol. The quantitative estimate of drug-likeness (QED) is 0.781. The van der Waals surface area contributed by atoms with Gasteiger partial charge in [-0.15, -0.1) is 11.3 Å². The highest BCUT2D eigenvalue weighted by Crippen LogP contribution is 2.25.